The maximum Gasteiger partial charge on any atom is 0.344 e. The molecule has 0 aliphatic heterocycles. The Morgan fingerprint density at radius 1 is 0.963 bits per heavy atom. The van der Waals surface area contributed by atoms with Crippen molar-refractivity contribution < 1.29 is 23.8 Å². The predicted molar refractivity (Wildman–Crippen MR) is 103 cm³/mol. The molecular formula is C21H25NO5. The van der Waals surface area contributed by atoms with Gasteiger partial charge in [0.15, 0.2) is 13.2 Å². The monoisotopic (exact) mass is 371 g/mol. The van der Waals surface area contributed by atoms with E-state index in [2.05, 4.69) is 5.32 Å². The highest BCUT2D eigenvalue weighted by Crippen LogP contribution is 2.25. The first-order chi connectivity index (χ1) is 12.9. The van der Waals surface area contributed by atoms with Crippen LogP contribution in [0, 0.1) is 20.8 Å². The van der Waals surface area contributed by atoms with Crippen LogP contribution in [0.25, 0.3) is 0 Å². The van der Waals surface area contributed by atoms with Crippen LogP contribution in [-0.4, -0.2) is 31.7 Å². The van der Waals surface area contributed by atoms with Gasteiger partial charge in [0.25, 0.3) is 5.91 Å². The number of hydrogen-bond acceptors (Lipinski definition) is 5. The van der Waals surface area contributed by atoms with E-state index in [1.54, 1.807) is 18.2 Å². The van der Waals surface area contributed by atoms with E-state index in [-0.39, 0.29) is 6.61 Å². The fraction of sp³-hybridized carbons (Fsp3) is 0.333. The summed E-state index contributed by atoms with van der Waals surface area (Å²) in [5.74, 6) is 0.168. The van der Waals surface area contributed by atoms with Gasteiger partial charge in [0.05, 0.1) is 12.3 Å². The lowest BCUT2D eigenvalue weighted by atomic mass is 10.1. The van der Waals surface area contributed by atoms with E-state index in [4.69, 9.17) is 14.2 Å². The highest BCUT2D eigenvalue weighted by atomic mass is 16.6. The van der Waals surface area contributed by atoms with E-state index in [1.165, 1.54) is 0 Å². The first-order valence-electron chi connectivity index (χ1n) is 8.78. The minimum absolute atomic E-state index is 0.256. The molecule has 0 aliphatic rings. The van der Waals surface area contributed by atoms with Gasteiger partial charge < -0.3 is 19.5 Å². The average Bonchev–Trinajstić information content (AvgIpc) is 2.61. The maximum absolute atomic E-state index is 12.0. The number of carbonyl (C=O) groups is 2. The van der Waals surface area contributed by atoms with Crippen molar-refractivity contribution in [3.05, 3.63) is 53.1 Å². The lowest BCUT2D eigenvalue weighted by Gasteiger charge is -2.13. The lowest BCUT2D eigenvalue weighted by Crippen LogP contribution is -2.24. The van der Waals surface area contributed by atoms with Crippen LogP contribution in [0.4, 0.5) is 5.69 Å². The molecule has 0 spiro atoms. The number of para-hydroxylation sites is 2. The SMILES string of the molecule is CCOc1ccccc1NC(=O)COC(=O)COc1c(C)cc(C)cc1C. The Hall–Kier alpha value is -3.02. The summed E-state index contributed by atoms with van der Waals surface area (Å²) in [6.45, 7) is 7.53. The molecule has 1 amide bonds. The largest absolute Gasteiger partial charge is 0.492 e. The van der Waals surface area contributed by atoms with E-state index in [0.29, 0.717) is 23.8 Å². The third kappa shape index (κ3) is 6.02. The number of hydrogen-bond donors (Lipinski definition) is 1. The molecule has 0 heterocycles. The van der Waals surface area contributed by atoms with Gasteiger partial charge in [-0.3, -0.25) is 4.79 Å². The minimum Gasteiger partial charge on any atom is -0.492 e. The van der Waals surface area contributed by atoms with Gasteiger partial charge in [-0.05, 0) is 51.0 Å². The number of anilines is 1. The van der Waals surface area contributed by atoms with Crippen molar-refractivity contribution in [2.24, 2.45) is 0 Å². The molecular weight excluding hydrogens is 346 g/mol. The average molecular weight is 371 g/mol. The molecule has 1 N–H and O–H groups in total. The number of nitrogens with one attached hydrogen (secondary N) is 1. The number of carbonyl (C=O) groups excluding carboxylic acids is 2. The summed E-state index contributed by atoms with van der Waals surface area (Å²) in [5.41, 5.74) is 3.56. The topological polar surface area (TPSA) is 73.9 Å². The predicted octanol–water partition coefficient (Wildman–Crippen LogP) is 3.57. The summed E-state index contributed by atoms with van der Waals surface area (Å²) in [5, 5.41) is 2.67. The van der Waals surface area contributed by atoms with Gasteiger partial charge in [0, 0.05) is 0 Å². The third-order valence-corrected chi connectivity index (χ3v) is 3.76. The number of esters is 1. The number of amides is 1. The van der Waals surface area contributed by atoms with Gasteiger partial charge in [-0.25, -0.2) is 4.79 Å². The van der Waals surface area contributed by atoms with Crippen LogP contribution >= 0.6 is 0 Å². The van der Waals surface area contributed by atoms with Crippen molar-refractivity contribution in [1.82, 2.24) is 0 Å². The molecule has 2 aromatic carbocycles. The van der Waals surface area contributed by atoms with Crippen LogP contribution in [0.3, 0.4) is 0 Å². The van der Waals surface area contributed by atoms with Crippen LogP contribution in [-0.2, 0) is 14.3 Å². The second kappa shape index (κ2) is 9.62. The quantitative estimate of drug-likeness (QED) is 0.718. The van der Waals surface area contributed by atoms with Gasteiger partial charge in [0.1, 0.15) is 11.5 Å². The van der Waals surface area contributed by atoms with Crippen LogP contribution in [0.15, 0.2) is 36.4 Å². The molecule has 0 atom stereocenters. The molecule has 0 radical (unpaired) electrons. The molecule has 0 saturated heterocycles. The zero-order valence-corrected chi connectivity index (χ0v) is 16.1. The van der Waals surface area contributed by atoms with E-state index in [1.807, 2.05) is 45.9 Å². The Bertz CT molecular complexity index is 793. The normalized spacial score (nSPS) is 10.2. The standard InChI is InChI=1S/C21H25NO5/c1-5-25-18-9-7-6-8-17(18)22-19(23)12-26-20(24)13-27-21-15(3)10-14(2)11-16(21)4/h6-11H,5,12-13H2,1-4H3,(H,22,23). The van der Waals surface area contributed by atoms with Gasteiger partial charge in [0.2, 0.25) is 0 Å². The number of ether oxygens (including phenoxy) is 3. The van der Waals surface area contributed by atoms with Crippen LogP contribution < -0.4 is 14.8 Å². The molecule has 0 saturated carbocycles. The molecule has 144 valence electrons. The van der Waals surface area contributed by atoms with Crippen LogP contribution in [0.1, 0.15) is 23.6 Å². The van der Waals surface area contributed by atoms with Crippen molar-refractivity contribution >= 4 is 17.6 Å². The summed E-state index contributed by atoms with van der Waals surface area (Å²) in [6, 6.07) is 11.0. The summed E-state index contributed by atoms with van der Waals surface area (Å²) in [7, 11) is 0. The van der Waals surface area contributed by atoms with E-state index in [0.717, 1.165) is 16.7 Å². The number of aryl methyl sites for hydroxylation is 3. The van der Waals surface area contributed by atoms with Gasteiger partial charge >= 0.3 is 5.97 Å². The molecule has 2 rings (SSSR count). The third-order valence-electron chi connectivity index (χ3n) is 3.76. The smallest absolute Gasteiger partial charge is 0.344 e. The molecule has 2 aromatic rings. The molecule has 0 bridgehead atoms. The second-order valence-electron chi connectivity index (χ2n) is 6.15. The summed E-state index contributed by atoms with van der Waals surface area (Å²) >= 11 is 0. The molecule has 0 fully saturated rings. The number of benzene rings is 2. The Morgan fingerprint density at radius 2 is 1.63 bits per heavy atom. The summed E-state index contributed by atoms with van der Waals surface area (Å²) < 4.78 is 16.0. The highest BCUT2D eigenvalue weighted by Gasteiger charge is 2.12. The Morgan fingerprint density at radius 3 is 2.30 bits per heavy atom. The van der Waals surface area contributed by atoms with Crippen molar-refractivity contribution in [3.8, 4) is 11.5 Å². The Kier molecular flexibility index (Phi) is 7.23. The Labute approximate surface area is 159 Å². The van der Waals surface area contributed by atoms with Gasteiger partial charge in [-0.2, -0.15) is 0 Å². The second-order valence-corrected chi connectivity index (χ2v) is 6.15. The first-order valence-corrected chi connectivity index (χ1v) is 8.78. The van der Waals surface area contributed by atoms with Gasteiger partial charge in [-0.15, -0.1) is 0 Å². The zero-order chi connectivity index (χ0) is 19.8. The summed E-state index contributed by atoms with van der Waals surface area (Å²) in [6.07, 6.45) is 0. The lowest BCUT2D eigenvalue weighted by molar-refractivity contribution is -0.149. The van der Waals surface area contributed by atoms with Crippen molar-refractivity contribution in [1.29, 1.82) is 0 Å². The van der Waals surface area contributed by atoms with Crippen molar-refractivity contribution in [3.63, 3.8) is 0 Å². The molecule has 6 nitrogen and oxygen atoms in total. The van der Waals surface area contributed by atoms with Crippen molar-refractivity contribution in [2.45, 2.75) is 27.7 Å². The van der Waals surface area contributed by atoms with Crippen molar-refractivity contribution in [2.75, 3.05) is 25.1 Å². The van der Waals surface area contributed by atoms with Crippen LogP contribution in [0.2, 0.25) is 0 Å². The molecule has 6 heteroatoms. The molecule has 27 heavy (non-hydrogen) atoms. The first kappa shape index (κ1) is 20.3. The fourth-order valence-electron chi connectivity index (χ4n) is 2.75. The van der Waals surface area contributed by atoms with Crippen LogP contribution in [0.5, 0.6) is 11.5 Å². The number of rotatable bonds is 8. The zero-order valence-electron chi connectivity index (χ0n) is 16.1. The maximum atomic E-state index is 12.0. The molecule has 0 unspecified atom stereocenters. The summed E-state index contributed by atoms with van der Waals surface area (Å²) in [4.78, 5) is 23.9. The highest BCUT2D eigenvalue weighted by molar-refractivity contribution is 5.94. The van der Waals surface area contributed by atoms with E-state index < -0.39 is 18.5 Å². The van der Waals surface area contributed by atoms with E-state index in [9.17, 15) is 9.59 Å². The Balaban J connectivity index is 1.83. The minimum atomic E-state index is -0.609. The van der Waals surface area contributed by atoms with Gasteiger partial charge in [-0.1, -0.05) is 29.8 Å². The molecule has 0 aliphatic carbocycles. The molecule has 0 aromatic heterocycles. The van der Waals surface area contributed by atoms with E-state index >= 15 is 0 Å². The fourth-order valence-corrected chi connectivity index (χ4v) is 2.75.